The Morgan fingerprint density at radius 3 is 1.68 bits per heavy atom. The van der Waals surface area contributed by atoms with Crippen LogP contribution in [0.25, 0.3) is 0 Å². The second-order valence-corrected chi connectivity index (χ2v) is 13.1. The molecule has 0 aliphatic carbocycles. The predicted molar refractivity (Wildman–Crippen MR) is 166 cm³/mol. The number of aliphatic hydroxyl groups is 4. The molecule has 1 rings (SSSR count). The second-order valence-electron chi connectivity index (χ2n) is 13.1. The fourth-order valence-corrected chi connectivity index (χ4v) is 5.69. The average molecular weight is 591 g/mol. The van der Waals surface area contributed by atoms with Crippen LogP contribution in [0.1, 0.15) is 129 Å². The number of aliphatic hydroxyl groups excluding tert-OH is 4. The van der Waals surface area contributed by atoms with Crippen LogP contribution in [-0.4, -0.2) is 109 Å². The highest BCUT2D eigenvalue weighted by Crippen LogP contribution is 2.23. The Bertz CT molecular complexity index is 594. The fourth-order valence-electron chi connectivity index (χ4n) is 5.69. The van der Waals surface area contributed by atoms with E-state index < -0.39 is 36.8 Å². The third kappa shape index (κ3) is 18.8. The van der Waals surface area contributed by atoms with Gasteiger partial charge in [0.2, 0.25) is 0 Å². The molecule has 1 heterocycles. The molecule has 41 heavy (non-hydrogen) atoms. The number of quaternary nitrogens is 1. The van der Waals surface area contributed by atoms with E-state index in [1.165, 1.54) is 89.9 Å². The van der Waals surface area contributed by atoms with E-state index in [9.17, 15) is 20.4 Å². The molecule has 0 aromatic rings. The van der Waals surface area contributed by atoms with E-state index in [0.717, 1.165) is 36.7 Å². The van der Waals surface area contributed by atoms with Crippen molar-refractivity contribution in [3.05, 3.63) is 0 Å². The monoisotopic (exact) mass is 590 g/mol. The summed E-state index contributed by atoms with van der Waals surface area (Å²) in [7, 11) is 4.27. The Hall–Kier alpha value is -0.320. The van der Waals surface area contributed by atoms with Crippen molar-refractivity contribution in [3.63, 3.8) is 0 Å². The zero-order chi connectivity index (χ0) is 30.3. The van der Waals surface area contributed by atoms with E-state index in [1.54, 1.807) is 0 Å². The Kier molecular flexibility index (Phi) is 22.7. The summed E-state index contributed by atoms with van der Waals surface area (Å²) in [5, 5.41) is 41.6. The van der Waals surface area contributed by atoms with Gasteiger partial charge >= 0.3 is 0 Å². The number of likely N-dealkylation sites (N-methyl/N-ethyl adjacent to an activating group) is 1. The standard InChI is InChI=1S/C33H68NO7/c1-5-7-9-11-13-15-16-17-19-21-23-34(3,4)25-28(35)26-39-27-29-30(36)31(37)32(38)33(41-29)40-24-22-20-18-14-12-10-8-6-2/h28-33,35-38H,5-27H2,1-4H3/q+1/t28?,29-,30-,31+,32-,33-/m1/s1. The van der Waals surface area contributed by atoms with Gasteiger partial charge in [-0.2, -0.15) is 0 Å². The van der Waals surface area contributed by atoms with E-state index in [4.69, 9.17) is 14.2 Å². The lowest BCUT2D eigenvalue weighted by Gasteiger charge is -2.40. The smallest absolute Gasteiger partial charge is 0.186 e. The summed E-state index contributed by atoms with van der Waals surface area (Å²) in [6, 6.07) is 0. The van der Waals surface area contributed by atoms with Crippen molar-refractivity contribution in [2.24, 2.45) is 0 Å². The highest BCUT2D eigenvalue weighted by molar-refractivity contribution is 4.89. The molecule has 0 aromatic heterocycles. The lowest BCUT2D eigenvalue weighted by molar-refractivity contribution is -0.893. The van der Waals surface area contributed by atoms with Crippen LogP contribution in [0, 0.1) is 0 Å². The molecule has 0 spiro atoms. The van der Waals surface area contributed by atoms with Gasteiger partial charge in [0.05, 0.1) is 33.9 Å². The number of unbranched alkanes of at least 4 members (excludes halogenated alkanes) is 16. The molecule has 4 N–H and O–H groups in total. The molecule has 246 valence electrons. The molecule has 0 bridgehead atoms. The molecule has 1 aliphatic heterocycles. The first-order valence-corrected chi connectivity index (χ1v) is 17.1. The van der Waals surface area contributed by atoms with Gasteiger partial charge in [0.25, 0.3) is 0 Å². The van der Waals surface area contributed by atoms with Crippen LogP contribution in [0.2, 0.25) is 0 Å². The molecule has 8 nitrogen and oxygen atoms in total. The van der Waals surface area contributed by atoms with Gasteiger partial charge in [-0.15, -0.1) is 0 Å². The zero-order valence-electron chi connectivity index (χ0n) is 27.2. The topological polar surface area (TPSA) is 109 Å². The van der Waals surface area contributed by atoms with Crippen molar-refractivity contribution < 1.29 is 39.1 Å². The number of hydrogen-bond donors (Lipinski definition) is 4. The molecule has 0 aromatic carbocycles. The molecule has 0 amide bonds. The SMILES string of the molecule is CCCCCCCCCCCC[N+](C)(C)CC(O)COC[C@H]1O[C@@H](OCCCCCCCCCC)[C@H](O)[C@@H](O)[C@@H]1O. The van der Waals surface area contributed by atoms with Gasteiger partial charge in [-0.05, 0) is 19.3 Å². The van der Waals surface area contributed by atoms with Crippen molar-refractivity contribution in [3.8, 4) is 0 Å². The molecule has 0 radical (unpaired) electrons. The normalized spacial score (nSPS) is 24.1. The quantitative estimate of drug-likeness (QED) is 0.0757. The summed E-state index contributed by atoms with van der Waals surface area (Å²) in [6.07, 6.45) is 16.1. The van der Waals surface area contributed by atoms with Crippen molar-refractivity contribution in [2.45, 2.75) is 166 Å². The number of rotatable bonds is 27. The number of hydrogen-bond acceptors (Lipinski definition) is 7. The largest absolute Gasteiger partial charge is 0.387 e. The molecule has 1 unspecified atom stereocenters. The Labute approximate surface area is 252 Å². The van der Waals surface area contributed by atoms with E-state index >= 15 is 0 Å². The first-order chi connectivity index (χ1) is 19.7. The minimum absolute atomic E-state index is 0.00546. The summed E-state index contributed by atoms with van der Waals surface area (Å²) >= 11 is 0. The van der Waals surface area contributed by atoms with Gasteiger partial charge in [-0.1, -0.05) is 110 Å². The van der Waals surface area contributed by atoms with E-state index in [2.05, 4.69) is 27.9 Å². The molecular weight excluding hydrogens is 522 g/mol. The van der Waals surface area contributed by atoms with Crippen LogP contribution in [0.5, 0.6) is 0 Å². The maximum atomic E-state index is 10.6. The number of ether oxygens (including phenoxy) is 3. The summed E-state index contributed by atoms with van der Waals surface area (Å²) in [6.45, 7) is 6.62. The maximum Gasteiger partial charge on any atom is 0.186 e. The molecule has 0 saturated carbocycles. The van der Waals surface area contributed by atoms with Crippen LogP contribution >= 0.6 is 0 Å². The average Bonchev–Trinajstić information content (AvgIpc) is 2.93. The zero-order valence-corrected chi connectivity index (χ0v) is 27.2. The first-order valence-electron chi connectivity index (χ1n) is 17.1. The van der Waals surface area contributed by atoms with Crippen molar-refractivity contribution in [1.29, 1.82) is 0 Å². The van der Waals surface area contributed by atoms with Crippen molar-refractivity contribution in [1.82, 2.24) is 0 Å². The minimum Gasteiger partial charge on any atom is -0.387 e. The second kappa shape index (κ2) is 24.1. The highest BCUT2D eigenvalue weighted by Gasteiger charge is 2.44. The van der Waals surface area contributed by atoms with E-state index in [0.29, 0.717) is 13.2 Å². The summed E-state index contributed by atoms with van der Waals surface area (Å²) in [5.41, 5.74) is 0. The predicted octanol–water partition coefficient (Wildman–Crippen LogP) is 5.33. The van der Waals surface area contributed by atoms with Gasteiger partial charge in [0, 0.05) is 6.61 Å². The Morgan fingerprint density at radius 2 is 1.15 bits per heavy atom. The van der Waals surface area contributed by atoms with E-state index in [1.807, 2.05) is 0 Å². The summed E-state index contributed by atoms with van der Waals surface area (Å²) in [5.74, 6) is 0. The van der Waals surface area contributed by atoms with Gasteiger partial charge in [-0.3, -0.25) is 0 Å². The van der Waals surface area contributed by atoms with Crippen molar-refractivity contribution in [2.75, 3.05) is 47.0 Å². The Morgan fingerprint density at radius 1 is 0.659 bits per heavy atom. The molecule has 6 atom stereocenters. The maximum absolute atomic E-state index is 10.6. The third-order valence-corrected chi connectivity index (χ3v) is 8.36. The van der Waals surface area contributed by atoms with Crippen molar-refractivity contribution >= 4 is 0 Å². The summed E-state index contributed by atoms with van der Waals surface area (Å²) in [4.78, 5) is 0. The van der Waals surface area contributed by atoms with E-state index in [-0.39, 0.29) is 13.2 Å². The molecule has 1 aliphatic rings. The molecular formula is C33H68NO7+. The molecule has 1 fully saturated rings. The van der Waals surface area contributed by atoms with Crippen LogP contribution < -0.4 is 0 Å². The van der Waals surface area contributed by atoms with Gasteiger partial charge in [-0.25, -0.2) is 0 Å². The Balaban J connectivity index is 2.21. The fraction of sp³-hybridized carbons (Fsp3) is 1.00. The van der Waals surface area contributed by atoms with Crippen LogP contribution in [0.15, 0.2) is 0 Å². The number of nitrogens with zero attached hydrogens (tertiary/aromatic N) is 1. The van der Waals surface area contributed by atoms with Crippen LogP contribution in [0.4, 0.5) is 0 Å². The van der Waals surface area contributed by atoms with Gasteiger partial charge in [0.1, 0.15) is 37.1 Å². The molecule has 1 saturated heterocycles. The summed E-state index contributed by atoms with van der Waals surface area (Å²) < 4.78 is 17.9. The lowest BCUT2D eigenvalue weighted by Crippen LogP contribution is -2.59. The third-order valence-electron chi connectivity index (χ3n) is 8.36. The molecule has 8 heteroatoms. The highest BCUT2D eigenvalue weighted by atomic mass is 16.7. The minimum atomic E-state index is -1.37. The van der Waals surface area contributed by atoms with Gasteiger partial charge in [0.15, 0.2) is 6.29 Å². The first kappa shape index (κ1) is 38.7. The van der Waals surface area contributed by atoms with Crippen LogP contribution in [0.3, 0.4) is 0 Å². The van der Waals surface area contributed by atoms with Crippen LogP contribution in [-0.2, 0) is 14.2 Å². The van der Waals surface area contributed by atoms with Gasteiger partial charge < -0.3 is 39.1 Å². The lowest BCUT2D eigenvalue weighted by atomic mass is 9.99.